The Bertz CT molecular complexity index is 466. The van der Waals surface area contributed by atoms with Crippen LogP contribution in [0.25, 0.3) is 0 Å². The molecule has 0 radical (unpaired) electrons. The number of hydrogen-bond acceptors (Lipinski definition) is 6. The van der Waals surface area contributed by atoms with E-state index in [2.05, 4.69) is 11.9 Å². The number of hydrogen-bond donors (Lipinski definition) is 3. The number of nitrogens with one attached hydrogen (secondary N) is 1. The van der Waals surface area contributed by atoms with Crippen molar-refractivity contribution in [3.8, 4) is 0 Å². The first-order valence-electron chi connectivity index (χ1n) is 5.86. The normalized spacial score (nSPS) is 41.9. The SMILES string of the molecule is C=C1CN([C@@H]2O[C@@]3(CO)CO[C@@H]2[C@@H]3O)C(=O)NC1=O. The van der Waals surface area contributed by atoms with Crippen molar-refractivity contribution in [2.24, 2.45) is 0 Å². The molecule has 8 nitrogen and oxygen atoms in total. The predicted molar refractivity (Wildman–Crippen MR) is 59.8 cm³/mol. The largest absolute Gasteiger partial charge is 0.393 e. The van der Waals surface area contributed by atoms with E-state index >= 15 is 0 Å². The summed E-state index contributed by atoms with van der Waals surface area (Å²) in [5.41, 5.74) is -0.975. The number of rotatable bonds is 2. The van der Waals surface area contributed by atoms with Crippen molar-refractivity contribution in [3.63, 3.8) is 0 Å². The van der Waals surface area contributed by atoms with Crippen LogP contribution in [-0.2, 0) is 14.3 Å². The van der Waals surface area contributed by atoms with Crippen molar-refractivity contribution in [1.82, 2.24) is 10.2 Å². The number of amides is 3. The number of ether oxygens (including phenoxy) is 2. The number of carbonyl (C=O) groups is 2. The van der Waals surface area contributed by atoms with Crippen LogP contribution in [0.2, 0.25) is 0 Å². The van der Waals surface area contributed by atoms with Gasteiger partial charge >= 0.3 is 6.03 Å². The molecule has 0 saturated carbocycles. The van der Waals surface area contributed by atoms with Gasteiger partial charge in [-0.1, -0.05) is 6.58 Å². The molecular weight excluding hydrogens is 256 g/mol. The number of urea groups is 1. The van der Waals surface area contributed by atoms with Gasteiger partial charge in [-0.05, 0) is 0 Å². The van der Waals surface area contributed by atoms with E-state index in [-0.39, 0.29) is 18.7 Å². The molecule has 19 heavy (non-hydrogen) atoms. The lowest BCUT2D eigenvalue weighted by atomic mass is 10.0. The smallest absolute Gasteiger partial charge is 0.326 e. The predicted octanol–water partition coefficient (Wildman–Crippen LogP) is -2.06. The molecule has 4 atom stereocenters. The summed E-state index contributed by atoms with van der Waals surface area (Å²) >= 11 is 0. The van der Waals surface area contributed by atoms with Crippen molar-refractivity contribution in [1.29, 1.82) is 0 Å². The first-order valence-corrected chi connectivity index (χ1v) is 5.86. The first kappa shape index (κ1) is 12.5. The van der Waals surface area contributed by atoms with E-state index in [0.717, 1.165) is 0 Å². The van der Waals surface area contributed by atoms with Gasteiger partial charge in [0, 0.05) is 5.57 Å². The summed E-state index contributed by atoms with van der Waals surface area (Å²) in [6, 6.07) is -0.626. The standard InChI is InChI=1S/C11H14N2O6/c1-5-2-13(10(17)12-8(5)16)9-6-7(15)11(3-14,19-9)4-18-6/h6-7,9,14-15H,1-4H2,(H,12,16,17)/t6-,7+,9-,11+/m1/s1. The highest BCUT2D eigenvalue weighted by Gasteiger charge is 2.63. The molecule has 2 bridgehead atoms. The third-order valence-corrected chi connectivity index (χ3v) is 3.75. The Morgan fingerprint density at radius 3 is 2.89 bits per heavy atom. The minimum atomic E-state index is -1.20. The van der Waals surface area contributed by atoms with E-state index in [4.69, 9.17) is 9.47 Å². The molecule has 0 spiro atoms. The second-order valence-electron chi connectivity index (χ2n) is 4.94. The Kier molecular flexibility index (Phi) is 2.65. The molecule has 8 heteroatoms. The summed E-state index contributed by atoms with van der Waals surface area (Å²) in [5, 5.41) is 21.5. The monoisotopic (exact) mass is 270 g/mol. The van der Waals surface area contributed by atoms with Crippen LogP contribution in [0.1, 0.15) is 0 Å². The van der Waals surface area contributed by atoms with Crippen LogP contribution in [0.3, 0.4) is 0 Å². The van der Waals surface area contributed by atoms with Crippen LogP contribution < -0.4 is 5.32 Å². The fourth-order valence-corrected chi connectivity index (χ4v) is 2.59. The summed E-state index contributed by atoms with van der Waals surface area (Å²) < 4.78 is 11.0. The highest BCUT2D eigenvalue weighted by atomic mass is 16.7. The summed E-state index contributed by atoms with van der Waals surface area (Å²) in [5.74, 6) is -0.525. The summed E-state index contributed by atoms with van der Waals surface area (Å²) in [4.78, 5) is 24.3. The van der Waals surface area contributed by atoms with Gasteiger partial charge in [0.15, 0.2) is 6.23 Å². The molecule has 3 amide bonds. The summed E-state index contributed by atoms with van der Waals surface area (Å²) in [7, 11) is 0. The number of carbonyl (C=O) groups excluding carboxylic acids is 2. The molecule has 0 aromatic rings. The number of imide groups is 1. The maximum atomic E-state index is 11.8. The van der Waals surface area contributed by atoms with Gasteiger partial charge in [0.2, 0.25) is 0 Å². The van der Waals surface area contributed by atoms with Gasteiger partial charge in [-0.2, -0.15) is 0 Å². The van der Waals surface area contributed by atoms with E-state index in [1.54, 1.807) is 0 Å². The minimum Gasteiger partial charge on any atom is -0.393 e. The van der Waals surface area contributed by atoms with Crippen molar-refractivity contribution in [3.05, 3.63) is 12.2 Å². The van der Waals surface area contributed by atoms with Gasteiger partial charge in [-0.3, -0.25) is 15.0 Å². The van der Waals surface area contributed by atoms with E-state index in [0.29, 0.717) is 0 Å². The van der Waals surface area contributed by atoms with Crippen LogP contribution in [-0.4, -0.2) is 70.8 Å². The second kappa shape index (κ2) is 4.01. The van der Waals surface area contributed by atoms with Crippen molar-refractivity contribution in [2.45, 2.75) is 24.0 Å². The van der Waals surface area contributed by atoms with Crippen molar-refractivity contribution in [2.75, 3.05) is 19.8 Å². The maximum Gasteiger partial charge on any atom is 0.326 e. The Labute approximate surface area is 108 Å². The molecule has 3 aliphatic heterocycles. The average Bonchev–Trinajstić information content (AvgIpc) is 2.85. The summed E-state index contributed by atoms with van der Waals surface area (Å²) in [6.07, 6.45) is -2.60. The molecule has 3 saturated heterocycles. The van der Waals surface area contributed by atoms with Crippen LogP contribution >= 0.6 is 0 Å². The molecule has 104 valence electrons. The fraction of sp³-hybridized carbons (Fsp3) is 0.636. The Balaban J connectivity index is 1.83. The molecule has 0 aromatic carbocycles. The quantitative estimate of drug-likeness (QED) is 0.498. The first-order chi connectivity index (χ1) is 8.98. The lowest BCUT2D eigenvalue weighted by Crippen LogP contribution is -2.58. The minimum absolute atomic E-state index is 0.00339. The third-order valence-electron chi connectivity index (χ3n) is 3.75. The zero-order valence-corrected chi connectivity index (χ0v) is 10.0. The zero-order chi connectivity index (χ0) is 13.8. The molecular formula is C11H14N2O6. The highest BCUT2D eigenvalue weighted by molar-refractivity contribution is 6.06. The van der Waals surface area contributed by atoms with E-state index in [1.807, 2.05) is 0 Å². The molecule has 0 aromatic heterocycles. The fourth-order valence-electron chi connectivity index (χ4n) is 2.59. The van der Waals surface area contributed by atoms with Crippen molar-refractivity contribution >= 4 is 11.9 Å². The van der Waals surface area contributed by atoms with E-state index in [9.17, 15) is 19.8 Å². The number of aliphatic hydroxyl groups is 2. The lowest BCUT2D eigenvalue weighted by Gasteiger charge is -2.37. The van der Waals surface area contributed by atoms with Gasteiger partial charge in [0.25, 0.3) is 5.91 Å². The number of fused-ring (bicyclic) bond motifs is 2. The van der Waals surface area contributed by atoms with Gasteiger partial charge in [0.05, 0.1) is 19.8 Å². The lowest BCUT2D eigenvalue weighted by molar-refractivity contribution is -0.196. The molecule has 3 rings (SSSR count). The van der Waals surface area contributed by atoms with Crippen molar-refractivity contribution < 1.29 is 29.3 Å². The van der Waals surface area contributed by atoms with Gasteiger partial charge in [0.1, 0.15) is 17.8 Å². The second-order valence-corrected chi connectivity index (χ2v) is 4.94. The molecule has 3 N–H and O–H groups in total. The van der Waals surface area contributed by atoms with Gasteiger partial charge in [-0.15, -0.1) is 0 Å². The van der Waals surface area contributed by atoms with Gasteiger partial charge in [-0.25, -0.2) is 4.79 Å². The van der Waals surface area contributed by atoms with Crippen LogP contribution in [0.5, 0.6) is 0 Å². The Morgan fingerprint density at radius 1 is 1.53 bits per heavy atom. The highest BCUT2D eigenvalue weighted by Crippen LogP contribution is 2.41. The zero-order valence-electron chi connectivity index (χ0n) is 10.0. The molecule has 3 fully saturated rings. The molecule has 3 heterocycles. The maximum absolute atomic E-state index is 11.8. The summed E-state index contributed by atoms with van der Waals surface area (Å²) in [6.45, 7) is 3.22. The van der Waals surface area contributed by atoms with E-state index < -0.39 is 42.6 Å². The average molecular weight is 270 g/mol. The molecule has 0 aliphatic carbocycles. The van der Waals surface area contributed by atoms with Gasteiger partial charge < -0.3 is 19.7 Å². The molecule has 3 aliphatic rings. The third kappa shape index (κ3) is 1.61. The Hall–Kier alpha value is -1.48. The topological polar surface area (TPSA) is 108 Å². The number of nitrogens with zero attached hydrogens (tertiary/aromatic N) is 1. The van der Waals surface area contributed by atoms with Crippen LogP contribution in [0.15, 0.2) is 12.2 Å². The van der Waals surface area contributed by atoms with Crippen LogP contribution in [0, 0.1) is 0 Å². The van der Waals surface area contributed by atoms with E-state index in [1.165, 1.54) is 4.90 Å². The van der Waals surface area contributed by atoms with Crippen LogP contribution in [0.4, 0.5) is 4.79 Å². The number of aliphatic hydroxyl groups excluding tert-OH is 2. The Morgan fingerprint density at radius 2 is 2.26 bits per heavy atom. The molecule has 0 unspecified atom stereocenters.